The third-order valence-corrected chi connectivity index (χ3v) is 1.77. The number of hydrogen-bond donors (Lipinski definition) is 1. The van der Waals surface area contributed by atoms with Crippen LogP contribution in [0.3, 0.4) is 0 Å². The van der Waals surface area contributed by atoms with Crippen molar-refractivity contribution in [2.75, 3.05) is 7.05 Å². The molecule has 1 N–H and O–H groups in total. The van der Waals surface area contributed by atoms with Gasteiger partial charge in [0.1, 0.15) is 5.69 Å². The van der Waals surface area contributed by atoms with Crippen LogP contribution >= 0.6 is 0 Å². The van der Waals surface area contributed by atoms with Crippen molar-refractivity contribution in [3.8, 4) is 0 Å². The van der Waals surface area contributed by atoms with Crippen molar-refractivity contribution in [3.63, 3.8) is 0 Å². The predicted molar refractivity (Wildman–Crippen MR) is 60.4 cm³/mol. The minimum absolute atomic E-state index is 0. The molecule has 0 aliphatic carbocycles. The summed E-state index contributed by atoms with van der Waals surface area (Å²) >= 11 is 4.01. The van der Waals surface area contributed by atoms with Gasteiger partial charge in [-0.3, -0.25) is 15.3 Å². The Balaban J connectivity index is 0.00000196. The zero-order chi connectivity index (χ0) is 10.4. The number of nitrogens with zero attached hydrogens (tertiary/aromatic N) is 4. The molecular formula is C8H11CuN5S+2. The van der Waals surface area contributed by atoms with Crippen molar-refractivity contribution in [3.05, 3.63) is 29.7 Å². The number of nitrogens with one attached hydrogen (secondary N) is 1. The van der Waals surface area contributed by atoms with Gasteiger partial charge in [-0.2, -0.15) is 0 Å². The summed E-state index contributed by atoms with van der Waals surface area (Å²) in [6.07, 6.45) is 4.85. The Morgan fingerprint density at radius 3 is 2.80 bits per heavy atom. The normalized spacial score (nSPS) is 10.4. The molecule has 1 radical (unpaired) electrons. The Bertz CT molecular complexity index is 340. The van der Waals surface area contributed by atoms with E-state index in [2.05, 4.69) is 38.0 Å². The molecule has 0 aromatic carbocycles. The van der Waals surface area contributed by atoms with E-state index >= 15 is 0 Å². The molecule has 1 aromatic heterocycles. The first-order chi connectivity index (χ1) is 6.74. The third kappa shape index (κ3) is 4.94. The molecule has 5 nitrogen and oxygen atoms in total. The van der Waals surface area contributed by atoms with E-state index in [0.717, 1.165) is 0 Å². The SMILES string of the molecule is CNC(=[SH+])[N-]N=C(C)c1cnccn1.[Cu+2]. The van der Waals surface area contributed by atoms with Crippen LogP contribution in [0.15, 0.2) is 23.7 Å². The second-order valence-electron chi connectivity index (χ2n) is 2.45. The molecular weight excluding hydrogens is 262 g/mol. The van der Waals surface area contributed by atoms with Gasteiger partial charge in [0.05, 0.1) is 6.20 Å². The molecule has 0 saturated carbocycles. The van der Waals surface area contributed by atoms with Gasteiger partial charge >= 0.3 is 17.1 Å². The van der Waals surface area contributed by atoms with Crippen LogP contribution in [0.4, 0.5) is 0 Å². The van der Waals surface area contributed by atoms with Gasteiger partial charge in [-0.25, -0.2) is 0 Å². The second kappa shape index (κ2) is 7.42. The van der Waals surface area contributed by atoms with Crippen LogP contribution in [0.5, 0.6) is 0 Å². The first kappa shape index (κ1) is 14.1. The van der Waals surface area contributed by atoms with Crippen molar-refractivity contribution in [1.29, 1.82) is 0 Å². The molecule has 0 amide bonds. The van der Waals surface area contributed by atoms with E-state index in [9.17, 15) is 0 Å². The fourth-order valence-corrected chi connectivity index (χ4v) is 0.754. The molecule has 7 heteroatoms. The van der Waals surface area contributed by atoms with E-state index in [1.807, 2.05) is 6.92 Å². The number of aromatic nitrogens is 2. The average molecular weight is 273 g/mol. The van der Waals surface area contributed by atoms with Gasteiger partial charge in [0.15, 0.2) is 17.3 Å². The molecule has 0 aliphatic rings. The van der Waals surface area contributed by atoms with E-state index in [-0.39, 0.29) is 17.1 Å². The molecule has 0 atom stereocenters. The van der Waals surface area contributed by atoms with Gasteiger partial charge < -0.3 is 10.5 Å². The molecule has 0 spiro atoms. The average Bonchev–Trinajstić information content (AvgIpc) is 2.26. The first-order valence-corrected chi connectivity index (χ1v) is 4.44. The zero-order valence-corrected chi connectivity index (χ0v) is 10.1. The largest absolute Gasteiger partial charge is 2.00 e. The van der Waals surface area contributed by atoms with E-state index < -0.39 is 0 Å². The summed E-state index contributed by atoms with van der Waals surface area (Å²) in [4.78, 5) is 8.00. The van der Waals surface area contributed by atoms with Crippen molar-refractivity contribution < 1.29 is 17.1 Å². The zero-order valence-electron chi connectivity index (χ0n) is 8.27. The monoisotopic (exact) mass is 272 g/mol. The number of rotatable bonds is 2. The minimum Gasteiger partial charge on any atom is -0.515 e. The van der Waals surface area contributed by atoms with Crippen molar-refractivity contribution >= 4 is 23.0 Å². The summed E-state index contributed by atoms with van der Waals surface area (Å²) in [7, 11) is 1.72. The van der Waals surface area contributed by atoms with Crippen LogP contribution in [0, 0.1) is 0 Å². The molecule has 0 unspecified atom stereocenters. The van der Waals surface area contributed by atoms with Gasteiger partial charge in [0, 0.05) is 18.1 Å². The Morgan fingerprint density at radius 1 is 1.53 bits per heavy atom. The van der Waals surface area contributed by atoms with Gasteiger partial charge in [0.25, 0.3) is 0 Å². The maximum atomic E-state index is 4.07. The minimum atomic E-state index is 0. The fraction of sp³-hybridized carbons (Fsp3) is 0.250. The molecule has 15 heavy (non-hydrogen) atoms. The van der Waals surface area contributed by atoms with Gasteiger partial charge in [-0.15, -0.1) is 0 Å². The quantitative estimate of drug-likeness (QED) is 0.208. The second-order valence-corrected chi connectivity index (χ2v) is 2.87. The summed E-state index contributed by atoms with van der Waals surface area (Å²) in [5, 5.41) is 7.12. The first-order valence-electron chi connectivity index (χ1n) is 3.99. The fourth-order valence-electron chi connectivity index (χ4n) is 0.710. The van der Waals surface area contributed by atoms with Crippen LogP contribution in [0.1, 0.15) is 12.6 Å². The number of thiol groups is 1. The number of hydrogen-bond acceptors (Lipinski definition) is 3. The molecule has 0 saturated heterocycles. The van der Waals surface area contributed by atoms with Crippen LogP contribution < -0.4 is 5.32 Å². The van der Waals surface area contributed by atoms with Crippen molar-refractivity contribution in [2.24, 2.45) is 5.10 Å². The Labute approximate surface area is 104 Å². The third-order valence-electron chi connectivity index (χ3n) is 1.45. The Morgan fingerprint density at radius 2 is 2.27 bits per heavy atom. The van der Waals surface area contributed by atoms with Crippen LogP contribution in [0.2, 0.25) is 0 Å². The summed E-state index contributed by atoms with van der Waals surface area (Å²) in [5.41, 5.74) is 5.21. The Hall–Kier alpha value is -0.881. The molecule has 83 valence electrons. The van der Waals surface area contributed by atoms with Gasteiger partial charge in [-0.05, 0) is 14.0 Å². The van der Waals surface area contributed by atoms with Crippen molar-refractivity contribution in [2.45, 2.75) is 6.92 Å². The van der Waals surface area contributed by atoms with E-state index in [4.69, 9.17) is 0 Å². The predicted octanol–water partition coefficient (Wildman–Crippen LogP) is 0.158. The topological polar surface area (TPSA) is 64.3 Å². The van der Waals surface area contributed by atoms with Gasteiger partial charge in [-0.1, -0.05) is 0 Å². The summed E-state index contributed by atoms with van der Waals surface area (Å²) < 4.78 is 0. The standard InChI is InChI=1S/C8H11N5S.Cu/c1-6(12-13-8(14)9-2)7-5-10-3-4-11-7;/h3-5H,1-2H3,(H2,9,11,13,14);/q;+2. The van der Waals surface area contributed by atoms with E-state index in [1.54, 1.807) is 25.6 Å². The molecule has 1 rings (SSSR count). The van der Waals surface area contributed by atoms with Gasteiger partial charge in [0.2, 0.25) is 0 Å². The van der Waals surface area contributed by atoms with E-state index in [0.29, 0.717) is 16.5 Å². The maximum Gasteiger partial charge on any atom is 2.00 e. The summed E-state index contributed by atoms with van der Waals surface area (Å²) in [6.45, 7) is 1.81. The molecule has 1 aromatic rings. The summed E-state index contributed by atoms with van der Waals surface area (Å²) in [5.74, 6) is 0. The maximum absolute atomic E-state index is 4.07. The van der Waals surface area contributed by atoms with Crippen molar-refractivity contribution in [1.82, 2.24) is 15.3 Å². The summed E-state index contributed by atoms with van der Waals surface area (Å²) in [6, 6.07) is 0. The van der Waals surface area contributed by atoms with Crippen LogP contribution in [0.25, 0.3) is 5.43 Å². The van der Waals surface area contributed by atoms with Crippen LogP contribution in [-0.4, -0.2) is 27.8 Å². The Kier molecular flexibility index (Phi) is 6.98. The molecule has 0 fully saturated rings. The molecule has 0 bridgehead atoms. The smallest absolute Gasteiger partial charge is 0.515 e. The molecule has 1 heterocycles. The molecule has 0 aliphatic heterocycles. The van der Waals surface area contributed by atoms with E-state index in [1.165, 1.54) is 0 Å². The van der Waals surface area contributed by atoms with Crippen LogP contribution in [-0.2, 0) is 29.3 Å².